The first-order chi connectivity index (χ1) is 13.0. The SMILES string of the molecule is Cc1ccccc1[C@H]1[C@@H]2CN(c3nc(CO)cs3)C[C@@H]2CN1C(=O)N(C)C. The minimum atomic E-state index is -0.0197. The number of aryl methyl sites for hydroxylation is 1. The monoisotopic (exact) mass is 386 g/mol. The van der Waals surface area contributed by atoms with Crippen LogP contribution >= 0.6 is 11.3 Å². The molecule has 0 radical (unpaired) electrons. The molecule has 144 valence electrons. The molecule has 27 heavy (non-hydrogen) atoms. The van der Waals surface area contributed by atoms with E-state index in [4.69, 9.17) is 0 Å². The van der Waals surface area contributed by atoms with Gasteiger partial charge in [-0.25, -0.2) is 9.78 Å². The number of benzene rings is 1. The molecule has 3 atom stereocenters. The first-order valence-corrected chi connectivity index (χ1v) is 10.2. The lowest BCUT2D eigenvalue weighted by Crippen LogP contribution is -2.41. The molecule has 2 amide bonds. The average Bonchev–Trinajstić information content (AvgIpc) is 3.35. The van der Waals surface area contributed by atoms with Crippen molar-refractivity contribution in [2.45, 2.75) is 19.6 Å². The molecule has 0 bridgehead atoms. The fourth-order valence-corrected chi connectivity index (χ4v) is 5.32. The third-order valence-electron chi connectivity index (χ3n) is 5.77. The van der Waals surface area contributed by atoms with Crippen LogP contribution in [-0.2, 0) is 6.61 Å². The van der Waals surface area contributed by atoms with E-state index in [1.54, 1.807) is 16.2 Å². The van der Waals surface area contributed by atoms with E-state index < -0.39 is 0 Å². The standard InChI is InChI=1S/C20H26N4O2S/c1-13-6-4-5-7-16(13)18-17-10-23(19-21-15(11-25)12-27-19)8-14(17)9-24(18)20(26)22(2)3/h4-7,12,14,17-18,25H,8-11H2,1-3H3/t14-,17-,18+/m1/s1. The van der Waals surface area contributed by atoms with Gasteiger partial charge in [-0.05, 0) is 18.1 Å². The van der Waals surface area contributed by atoms with E-state index in [0.29, 0.717) is 11.8 Å². The van der Waals surface area contributed by atoms with Crippen molar-refractivity contribution in [2.75, 3.05) is 38.6 Å². The van der Waals surface area contributed by atoms with Gasteiger partial charge in [0.25, 0.3) is 0 Å². The fourth-order valence-electron chi connectivity index (χ4n) is 4.49. The molecule has 1 aromatic carbocycles. The highest BCUT2D eigenvalue weighted by Crippen LogP contribution is 2.47. The topological polar surface area (TPSA) is 59.9 Å². The summed E-state index contributed by atoms with van der Waals surface area (Å²) in [5, 5.41) is 12.2. The Morgan fingerprint density at radius 1 is 1.30 bits per heavy atom. The highest BCUT2D eigenvalue weighted by molar-refractivity contribution is 7.13. The van der Waals surface area contributed by atoms with Gasteiger partial charge in [0, 0.05) is 50.9 Å². The fraction of sp³-hybridized carbons (Fsp3) is 0.500. The van der Waals surface area contributed by atoms with Crippen LogP contribution in [0.5, 0.6) is 0 Å². The number of anilines is 1. The van der Waals surface area contributed by atoms with E-state index in [1.807, 2.05) is 19.5 Å². The number of fused-ring (bicyclic) bond motifs is 1. The summed E-state index contributed by atoms with van der Waals surface area (Å²) >= 11 is 1.59. The number of likely N-dealkylation sites (tertiary alicyclic amines) is 1. The molecule has 2 aliphatic heterocycles. The maximum atomic E-state index is 12.9. The molecular formula is C20H26N4O2S. The van der Waals surface area contributed by atoms with E-state index >= 15 is 0 Å². The van der Waals surface area contributed by atoms with Crippen molar-refractivity contribution in [3.63, 3.8) is 0 Å². The van der Waals surface area contributed by atoms with Crippen LogP contribution in [0, 0.1) is 18.8 Å². The van der Waals surface area contributed by atoms with Crippen LogP contribution in [0.3, 0.4) is 0 Å². The first kappa shape index (κ1) is 18.3. The smallest absolute Gasteiger partial charge is 0.320 e. The van der Waals surface area contributed by atoms with Crippen molar-refractivity contribution < 1.29 is 9.90 Å². The molecule has 2 saturated heterocycles. The summed E-state index contributed by atoms with van der Waals surface area (Å²) in [6.07, 6.45) is 0. The molecule has 2 aliphatic rings. The highest BCUT2D eigenvalue weighted by Gasteiger charge is 2.50. The minimum absolute atomic E-state index is 0.0197. The molecule has 3 heterocycles. The maximum absolute atomic E-state index is 12.9. The number of aliphatic hydroxyl groups excluding tert-OH is 1. The number of aliphatic hydroxyl groups is 1. The van der Waals surface area contributed by atoms with E-state index in [2.05, 4.69) is 46.0 Å². The predicted octanol–water partition coefficient (Wildman–Crippen LogP) is 2.73. The van der Waals surface area contributed by atoms with Gasteiger partial charge in [0.05, 0.1) is 18.3 Å². The Balaban J connectivity index is 1.64. The normalized spacial score (nSPS) is 24.4. The zero-order valence-electron chi connectivity index (χ0n) is 16.0. The van der Waals surface area contributed by atoms with Gasteiger partial charge in [-0.15, -0.1) is 11.3 Å². The molecule has 2 fully saturated rings. The number of aromatic nitrogens is 1. The summed E-state index contributed by atoms with van der Waals surface area (Å²) in [5.74, 6) is 0.816. The number of hydrogen-bond acceptors (Lipinski definition) is 5. The summed E-state index contributed by atoms with van der Waals surface area (Å²) in [7, 11) is 3.65. The Hall–Kier alpha value is -2.12. The molecular weight excluding hydrogens is 360 g/mol. The lowest BCUT2D eigenvalue weighted by atomic mass is 9.88. The number of carbonyl (C=O) groups is 1. The summed E-state index contributed by atoms with van der Waals surface area (Å²) in [4.78, 5) is 23.5. The van der Waals surface area contributed by atoms with Gasteiger partial charge in [0.15, 0.2) is 5.13 Å². The third kappa shape index (κ3) is 3.19. The lowest BCUT2D eigenvalue weighted by molar-refractivity contribution is 0.159. The van der Waals surface area contributed by atoms with Crippen molar-refractivity contribution in [3.8, 4) is 0 Å². The van der Waals surface area contributed by atoms with Crippen molar-refractivity contribution in [1.82, 2.24) is 14.8 Å². The van der Waals surface area contributed by atoms with Crippen LogP contribution in [-0.4, -0.2) is 59.7 Å². The summed E-state index contributed by atoms with van der Waals surface area (Å²) in [6, 6.07) is 8.58. The van der Waals surface area contributed by atoms with Crippen LogP contribution in [0.2, 0.25) is 0 Å². The Morgan fingerprint density at radius 2 is 2.07 bits per heavy atom. The third-order valence-corrected chi connectivity index (χ3v) is 6.72. The largest absolute Gasteiger partial charge is 0.390 e. The van der Waals surface area contributed by atoms with Crippen molar-refractivity contribution >= 4 is 22.5 Å². The highest BCUT2D eigenvalue weighted by atomic mass is 32.1. The lowest BCUT2D eigenvalue weighted by Gasteiger charge is -2.32. The number of carbonyl (C=O) groups excluding carboxylic acids is 1. The first-order valence-electron chi connectivity index (χ1n) is 9.33. The molecule has 1 N–H and O–H groups in total. The van der Waals surface area contributed by atoms with Crippen LogP contribution in [0.4, 0.5) is 9.93 Å². The van der Waals surface area contributed by atoms with Crippen molar-refractivity contribution in [3.05, 3.63) is 46.5 Å². The average molecular weight is 387 g/mol. The van der Waals surface area contributed by atoms with Crippen molar-refractivity contribution in [2.24, 2.45) is 11.8 Å². The zero-order valence-corrected chi connectivity index (χ0v) is 16.8. The second kappa shape index (κ2) is 7.13. The molecule has 1 aromatic heterocycles. The van der Waals surface area contributed by atoms with Gasteiger partial charge in [-0.2, -0.15) is 0 Å². The number of urea groups is 1. The summed E-state index contributed by atoms with van der Waals surface area (Å²) in [5.41, 5.74) is 3.21. The number of nitrogens with zero attached hydrogens (tertiary/aromatic N) is 4. The van der Waals surface area contributed by atoms with Gasteiger partial charge in [-0.1, -0.05) is 24.3 Å². The van der Waals surface area contributed by atoms with Crippen LogP contribution in [0.1, 0.15) is 22.9 Å². The van der Waals surface area contributed by atoms with Gasteiger partial charge >= 0.3 is 6.03 Å². The van der Waals surface area contributed by atoms with Crippen LogP contribution in [0.15, 0.2) is 29.6 Å². The van der Waals surface area contributed by atoms with E-state index in [1.165, 1.54) is 11.1 Å². The van der Waals surface area contributed by atoms with Gasteiger partial charge in [0.1, 0.15) is 0 Å². The molecule has 0 aliphatic carbocycles. The Bertz CT molecular complexity index is 837. The number of rotatable bonds is 3. The minimum Gasteiger partial charge on any atom is -0.390 e. The Kier molecular flexibility index (Phi) is 4.82. The molecule has 4 rings (SSSR count). The molecule has 0 spiro atoms. The second-order valence-corrected chi connectivity index (χ2v) is 8.58. The van der Waals surface area contributed by atoms with Crippen LogP contribution < -0.4 is 4.90 Å². The van der Waals surface area contributed by atoms with E-state index in [0.717, 1.165) is 30.5 Å². The van der Waals surface area contributed by atoms with Gasteiger partial charge < -0.3 is 19.8 Å². The number of hydrogen-bond donors (Lipinski definition) is 1. The Morgan fingerprint density at radius 3 is 2.74 bits per heavy atom. The summed E-state index contributed by atoms with van der Waals surface area (Å²) < 4.78 is 0. The maximum Gasteiger partial charge on any atom is 0.320 e. The van der Waals surface area contributed by atoms with Crippen molar-refractivity contribution in [1.29, 1.82) is 0 Å². The van der Waals surface area contributed by atoms with Gasteiger partial charge in [0.2, 0.25) is 0 Å². The molecule has 2 aromatic rings. The zero-order chi connectivity index (χ0) is 19.1. The molecule has 7 heteroatoms. The van der Waals surface area contributed by atoms with Crippen LogP contribution in [0.25, 0.3) is 0 Å². The molecule has 6 nitrogen and oxygen atoms in total. The quantitative estimate of drug-likeness (QED) is 0.881. The summed E-state index contributed by atoms with van der Waals surface area (Å²) in [6.45, 7) is 4.67. The molecule has 0 unspecified atom stereocenters. The molecule has 0 saturated carbocycles. The Labute approximate surface area is 164 Å². The number of thiazole rings is 1. The van der Waals surface area contributed by atoms with E-state index in [9.17, 15) is 9.90 Å². The predicted molar refractivity (Wildman–Crippen MR) is 107 cm³/mol. The van der Waals surface area contributed by atoms with Gasteiger partial charge in [-0.3, -0.25) is 0 Å². The second-order valence-electron chi connectivity index (χ2n) is 7.74. The number of amides is 2. The van der Waals surface area contributed by atoms with E-state index in [-0.39, 0.29) is 18.7 Å².